The van der Waals surface area contributed by atoms with Crippen LogP contribution in [-0.2, 0) is 12.8 Å². The van der Waals surface area contributed by atoms with Crippen molar-refractivity contribution < 1.29 is 15.3 Å². The fourth-order valence-electron chi connectivity index (χ4n) is 3.43. The Balaban J connectivity index is 1.92. The van der Waals surface area contributed by atoms with Gasteiger partial charge in [-0.25, -0.2) is 0 Å². The van der Waals surface area contributed by atoms with Crippen molar-refractivity contribution in [3.63, 3.8) is 0 Å². The molecule has 3 aromatic carbocycles. The van der Waals surface area contributed by atoms with E-state index in [0.29, 0.717) is 24.2 Å². The van der Waals surface area contributed by atoms with Crippen molar-refractivity contribution >= 4 is 11.4 Å². The second-order valence-electron chi connectivity index (χ2n) is 6.99. The molecule has 0 aliphatic rings. The number of aromatic hydroxyl groups is 3. The van der Waals surface area contributed by atoms with Crippen LogP contribution >= 0.6 is 0 Å². The zero-order chi connectivity index (χ0) is 20.3. The molecule has 5 nitrogen and oxygen atoms in total. The summed E-state index contributed by atoms with van der Waals surface area (Å²) in [6.07, 6.45) is 1.12. The molecule has 0 aliphatic carbocycles. The number of benzene rings is 3. The Morgan fingerprint density at radius 1 is 0.679 bits per heavy atom. The van der Waals surface area contributed by atoms with E-state index in [1.807, 2.05) is 43.3 Å². The topological polar surface area (TPSA) is 84.8 Å². The Labute approximate surface area is 165 Å². The zero-order valence-electron chi connectivity index (χ0n) is 16.4. The standard InChI is InChI=1S/C23H26N2O3/c1-14-8-17(10-15-4-6-21(26)19(12-15)24-2)23(28)18(9-14)11-16-5-7-22(27)20(13-16)25-3/h4-9,12-13,24-28H,10-11H2,1-3H3. The lowest BCUT2D eigenvalue weighted by atomic mass is 9.95. The quantitative estimate of drug-likeness (QED) is 0.411. The van der Waals surface area contributed by atoms with Gasteiger partial charge in [0.1, 0.15) is 17.2 Å². The molecule has 0 atom stereocenters. The zero-order valence-corrected chi connectivity index (χ0v) is 16.4. The molecule has 5 N–H and O–H groups in total. The van der Waals surface area contributed by atoms with Gasteiger partial charge in [-0.05, 0) is 53.4 Å². The summed E-state index contributed by atoms with van der Waals surface area (Å²) >= 11 is 0. The number of hydrogen-bond donors (Lipinski definition) is 5. The number of phenols is 3. The molecule has 0 unspecified atom stereocenters. The van der Waals surface area contributed by atoms with Crippen LogP contribution in [-0.4, -0.2) is 29.4 Å². The van der Waals surface area contributed by atoms with Crippen LogP contribution in [0.25, 0.3) is 0 Å². The molecule has 0 bridgehead atoms. The van der Waals surface area contributed by atoms with E-state index in [-0.39, 0.29) is 17.2 Å². The maximum absolute atomic E-state index is 10.9. The van der Waals surface area contributed by atoms with E-state index >= 15 is 0 Å². The number of phenolic OH excluding ortho intramolecular Hbond substituents is 3. The lowest BCUT2D eigenvalue weighted by Gasteiger charge is -2.14. The first-order valence-corrected chi connectivity index (χ1v) is 9.22. The van der Waals surface area contributed by atoms with Gasteiger partial charge in [0.2, 0.25) is 0 Å². The molecule has 0 amide bonds. The third-order valence-electron chi connectivity index (χ3n) is 4.86. The van der Waals surface area contributed by atoms with Crippen LogP contribution in [0.1, 0.15) is 27.8 Å². The summed E-state index contributed by atoms with van der Waals surface area (Å²) in [4.78, 5) is 0. The molecule has 0 aliphatic heterocycles. The van der Waals surface area contributed by atoms with E-state index in [1.54, 1.807) is 26.2 Å². The molecule has 0 fully saturated rings. The maximum atomic E-state index is 10.9. The third-order valence-corrected chi connectivity index (χ3v) is 4.86. The van der Waals surface area contributed by atoms with E-state index < -0.39 is 0 Å². The SMILES string of the molecule is CNc1cc(Cc2cc(C)cc(Cc3ccc(O)c(NC)c3)c2O)ccc1O. The average Bonchev–Trinajstić information content (AvgIpc) is 2.68. The summed E-state index contributed by atoms with van der Waals surface area (Å²) in [5, 5.41) is 36.5. The van der Waals surface area contributed by atoms with Crippen molar-refractivity contribution in [2.75, 3.05) is 24.7 Å². The molecule has 0 aromatic heterocycles. The highest BCUT2D eigenvalue weighted by molar-refractivity contribution is 5.59. The molecule has 0 saturated carbocycles. The summed E-state index contributed by atoms with van der Waals surface area (Å²) in [5.74, 6) is 0.685. The predicted octanol–water partition coefficient (Wildman–Crippen LogP) is 4.38. The molecule has 0 radical (unpaired) electrons. The lowest BCUT2D eigenvalue weighted by Crippen LogP contribution is -1.98. The van der Waals surface area contributed by atoms with Crippen molar-refractivity contribution in [2.45, 2.75) is 19.8 Å². The van der Waals surface area contributed by atoms with Crippen LogP contribution in [0.15, 0.2) is 48.5 Å². The van der Waals surface area contributed by atoms with Crippen LogP contribution in [0.2, 0.25) is 0 Å². The fraction of sp³-hybridized carbons (Fsp3) is 0.217. The van der Waals surface area contributed by atoms with Gasteiger partial charge in [0.15, 0.2) is 0 Å². The second kappa shape index (κ2) is 8.13. The number of rotatable bonds is 6. The molecule has 3 rings (SSSR count). The summed E-state index contributed by atoms with van der Waals surface area (Å²) in [7, 11) is 3.52. The van der Waals surface area contributed by atoms with Crippen LogP contribution in [0, 0.1) is 6.92 Å². The number of nitrogens with one attached hydrogen (secondary N) is 2. The van der Waals surface area contributed by atoms with Crippen LogP contribution < -0.4 is 10.6 Å². The molecule has 3 aromatic rings. The van der Waals surface area contributed by atoms with Gasteiger partial charge in [-0.3, -0.25) is 0 Å². The Morgan fingerprint density at radius 2 is 1.11 bits per heavy atom. The van der Waals surface area contributed by atoms with E-state index in [2.05, 4.69) is 10.6 Å². The first-order valence-electron chi connectivity index (χ1n) is 9.22. The van der Waals surface area contributed by atoms with Crippen molar-refractivity contribution in [3.05, 3.63) is 76.3 Å². The molecule has 146 valence electrons. The minimum Gasteiger partial charge on any atom is -0.507 e. The van der Waals surface area contributed by atoms with E-state index in [4.69, 9.17) is 0 Å². The largest absolute Gasteiger partial charge is 0.507 e. The Bertz CT molecular complexity index is 923. The van der Waals surface area contributed by atoms with Crippen molar-refractivity contribution in [1.82, 2.24) is 0 Å². The Hall–Kier alpha value is -3.34. The monoisotopic (exact) mass is 378 g/mol. The van der Waals surface area contributed by atoms with Crippen molar-refractivity contribution in [2.24, 2.45) is 0 Å². The lowest BCUT2D eigenvalue weighted by molar-refractivity contribution is 0.463. The van der Waals surface area contributed by atoms with Gasteiger partial charge in [0, 0.05) is 26.9 Å². The predicted molar refractivity (Wildman–Crippen MR) is 114 cm³/mol. The summed E-state index contributed by atoms with van der Waals surface area (Å²) in [6.45, 7) is 2.01. The summed E-state index contributed by atoms with van der Waals surface area (Å²) in [5.41, 5.74) is 6.07. The van der Waals surface area contributed by atoms with Crippen LogP contribution in [0.3, 0.4) is 0 Å². The number of anilines is 2. The first-order chi connectivity index (χ1) is 13.4. The molecule has 0 heterocycles. The molecule has 0 saturated heterocycles. The van der Waals surface area contributed by atoms with Gasteiger partial charge in [-0.2, -0.15) is 0 Å². The normalized spacial score (nSPS) is 10.7. The van der Waals surface area contributed by atoms with Crippen LogP contribution in [0.5, 0.6) is 17.2 Å². The van der Waals surface area contributed by atoms with E-state index in [0.717, 1.165) is 27.8 Å². The highest BCUT2D eigenvalue weighted by Gasteiger charge is 2.12. The molecular weight excluding hydrogens is 352 g/mol. The first kappa shape index (κ1) is 19.4. The second-order valence-corrected chi connectivity index (χ2v) is 6.99. The minimum atomic E-state index is 0.202. The molecule has 0 spiro atoms. The van der Waals surface area contributed by atoms with Gasteiger partial charge in [-0.15, -0.1) is 0 Å². The smallest absolute Gasteiger partial charge is 0.138 e. The van der Waals surface area contributed by atoms with Crippen LogP contribution in [0.4, 0.5) is 11.4 Å². The summed E-state index contributed by atoms with van der Waals surface area (Å²) < 4.78 is 0. The van der Waals surface area contributed by atoms with Crippen molar-refractivity contribution in [3.8, 4) is 17.2 Å². The average molecular weight is 378 g/mol. The number of hydrogen-bond acceptors (Lipinski definition) is 5. The molecular formula is C23H26N2O3. The fourth-order valence-corrected chi connectivity index (χ4v) is 3.43. The van der Waals surface area contributed by atoms with E-state index in [1.165, 1.54) is 0 Å². The van der Waals surface area contributed by atoms with Gasteiger partial charge in [-0.1, -0.05) is 29.8 Å². The Morgan fingerprint density at radius 3 is 1.50 bits per heavy atom. The third kappa shape index (κ3) is 4.14. The summed E-state index contributed by atoms with van der Waals surface area (Å²) in [6, 6.07) is 14.8. The van der Waals surface area contributed by atoms with Gasteiger partial charge >= 0.3 is 0 Å². The van der Waals surface area contributed by atoms with Crippen molar-refractivity contribution in [1.29, 1.82) is 0 Å². The Kier molecular flexibility index (Phi) is 5.64. The molecule has 28 heavy (non-hydrogen) atoms. The van der Waals surface area contributed by atoms with Gasteiger partial charge in [0.05, 0.1) is 11.4 Å². The molecule has 5 heteroatoms. The van der Waals surface area contributed by atoms with E-state index in [9.17, 15) is 15.3 Å². The number of aryl methyl sites for hydroxylation is 1. The highest BCUT2D eigenvalue weighted by atomic mass is 16.3. The van der Waals surface area contributed by atoms with Gasteiger partial charge < -0.3 is 26.0 Å². The maximum Gasteiger partial charge on any atom is 0.138 e. The minimum absolute atomic E-state index is 0.202. The highest BCUT2D eigenvalue weighted by Crippen LogP contribution is 2.32. The van der Waals surface area contributed by atoms with Gasteiger partial charge in [0.25, 0.3) is 0 Å².